The second-order valence-corrected chi connectivity index (χ2v) is 3.71. The third kappa shape index (κ3) is 3.82. The van der Waals surface area contributed by atoms with Crippen molar-refractivity contribution in [1.29, 1.82) is 5.26 Å². The van der Waals surface area contributed by atoms with Gasteiger partial charge in [-0.3, -0.25) is 4.79 Å². The van der Waals surface area contributed by atoms with Crippen LogP contribution in [-0.2, 0) is 4.74 Å². The van der Waals surface area contributed by atoms with E-state index in [1.807, 2.05) is 11.0 Å². The molecule has 1 aromatic rings. The molecule has 0 aliphatic heterocycles. The van der Waals surface area contributed by atoms with Crippen LogP contribution in [0.15, 0.2) is 18.2 Å². The van der Waals surface area contributed by atoms with Gasteiger partial charge in [0.2, 0.25) is 0 Å². The molecule has 18 heavy (non-hydrogen) atoms. The van der Waals surface area contributed by atoms with Crippen molar-refractivity contribution in [1.82, 2.24) is 0 Å². The lowest BCUT2D eigenvalue weighted by Crippen LogP contribution is -2.29. The van der Waals surface area contributed by atoms with Crippen molar-refractivity contribution in [2.75, 3.05) is 31.7 Å². The molecule has 0 aliphatic carbocycles. The summed E-state index contributed by atoms with van der Waals surface area (Å²) in [4.78, 5) is 12.8. The maximum atomic E-state index is 13.0. The van der Waals surface area contributed by atoms with Crippen molar-refractivity contribution in [2.45, 2.75) is 6.42 Å². The number of carbonyl (C=O) groups is 1. The summed E-state index contributed by atoms with van der Waals surface area (Å²) in [5, 5.41) is 8.62. The lowest BCUT2D eigenvalue weighted by molar-refractivity contribution is 0.112. The number of rotatable bonds is 7. The van der Waals surface area contributed by atoms with Gasteiger partial charge in [-0.05, 0) is 18.2 Å². The van der Waals surface area contributed by atoms with Crippen LogP contribution in [0.25, 0.3) is 0 Å². The predicted octanol–water partition coefficient (Wildman–Crippen LogP) is 2.00. The second-order valence-electron chi connectivity index (χ2n) is 3.71. The Bertz CT molecular complexity index is 443. The van der Waals surface area contributed by atoms with Crippen molar-refractivity contribution < 1.29 is 13.9 Å². The highest BCUT2D eigenvalue weighted by molar-refractivity contribution is 5.84. The Morgan fingerprint density at radius 1 is 1.50 bits per heavy atom. The van der Waals surface area contributed by atoms with Crippen LogP contribution in [0.2, 0.25) is 0 Å². The van der Waals surface area contributed by atoms with Crippen LogP contribution < -0.4 is 4.90 Å². The molecular weight excluding hydrogens is 235 g/mol. The zero-order valence-corrected chi connectivity index (χ0v) is 10.2. The minimum Gasteiger partial charge on any atom is -0.383 e. The fourth-order valence-corrected chi connectivity index (χ4v) is 1.65. The van der Waals surface area contributed by atoms with E-state index in [0.29, 0.717) is 38.1 Å². The SMILES string of the molecule is COCCN(CCC#N)c1ccc(F)cc1C=O. The van der Waals surface area contributed by atoms with Gasteiger partial charge in [0.1, 0.15) is 5.82 Å². The molecular formula is C13H15FN2O2. The fourth-order valence-electron chi connectivity index (χ4n) is 1.65. The van der Waals surface area contributed by atoms with Gasteiger partial charge in [0, 0.05) is 31.5 Å². The molecule has 0 radical (unpaired) electrons. The normalized spacial score (nSPS) is 9.83. The molecule has 0 bridgehead atoms. The Morgan fingerprint density at radius 2 is 2.28 bits per heavy atom. The van der Waals surface area contributed by atoms with Crippen molar-refractivity contribution in [2.24, 2.45) is 0 Å². The van der Waals surface area contributed by atoms with Crippen LogP contribution in [0.4, 0.5) is 10.1 Å². The minimum absolute atomic E-state index is 0.282. The van der Waals surface area contributed by atoms with Gasteiger partial charge < -0.3 is 9.64 Å². The molecule has 96 valence electrons. The van der Waals surface area contributed by atoms with Crippen LogP contribution in [0, 0.1) is 17.1 Å². The predicted molar refractivity (Wildman–Crippen MR) is 66.1 cm³/mol. The summed E-state index contributed by atoms with van der Waals surface area (Å²) < 4.78 is 18.0. The Kier molecular flexibility index (Phi) is 5.81. The van der Waals surface area contributed by atoms with Gasteiger partial charge in [0.05, 0.1) is 19.1 Å². The zero-order valence-electron chi connectivity index (χ0n) is 10.2. The van der Waals surface area contributed by atoms with E-state index in [1.54, 1.807) is 13.2 Å². The zero-order chi connectivity index (χ0) is 13.4. The number of anilines is 1. The molecule has 0 N–H and O–H groups in total. The number of halogens is 1. The molecule has 1 rings (SSSR count). The first-order valence-corrected chi connectivity index (χ1v) is 5.58. The summed E-state index contributed by atoms with van der Waals surface area (Å²) >= 11 is 0. The van der Waals surface area contributed by atoms with Gasteiger partial charge in [-0.2, -0.15) is 5.26 Å². The number of nitrogens with zero attached hydrogens (tertiary/aromatic N) is 2. The van der Waals surface area contributed by atoms with Gasteiger partial charge in [0.15, 0.2) is 6.29 Å². The second kappa shape index (κ2) is 7.41. The Labute approximate surface area is 106 Å². The van der Waals surface area contributed by atoms with Crippen molar-refractivity contribution in [3.05, 3.63) is 29.6 Å². The Morgan fingerprint density at radius 3 is 2.89 bits per heavy atom. The first kappa shape index (κ1) is 14.1. The number of hydrogen-bond acceptors (Lipinski definition) is 4. The molecule has 0 spiro atoms. The first-order valence-electron chi connectivity index (χ1n) is 5.58. The van der Waals surface area contributed by atoms with E-state index < -0.39 is 5.82 Å². The maximum Gasteiger partial charge on any atom is 0.152 e. The van der Waals surface area contributed by atoms with Crippen LogP contribution in [0.3, 0.4) is 0 Å². The highest BCUT2D eigenvalue weighted by Crippen LogP contribution is 2.20. The standard InChI is InChI=1S/C13H15FN2O2/c1-18-8-7-16(6-2-5-15)13-4-3-12(14)9-11(13)10-17/h3-4,9-10H,2,6-8H2,1H3. The Hall–Kier alpha value is -1.93. The highest BCUT2D eigenvalue weighted by atomic mass is 19.1. The molecule has 4 nitrogen and oxygen atoms in total. The van der Waals surface area contributed by atoms with E-state index in [9.17, 15) is 9.18 Å². The molecule has 0 atom stereocenters. The van der Waals surface area contributed by atoms with Gasteiger partial charge >= 0.3 is 0 Å². The molecule has 1 aromatic carbocycles. The summed E-state index contributed by atoms with van der Waals surface area (Å²) in [6.45, 7) is 1.50. The lowest BCUT2D eigenvalue weighted by Gasteiger charge is -2.24. The fraction of sp³-hybridized carbons (Fsp3) is 0.385. The molecule has 0 aliphatic rings. The largest absolute Gasteiger partial charge is 0.383 e. The van der Waals surface area contributed by atoms with Crippen LogP contribution in [-0.4, -0.2) is 33.1 Å². The van der Waals surface area contributed by atoms with Crippen LogP contribution in [0.1, 0.15) is 16.8 Å². The van der Waals surface area contributed by atoms with Crippen LogP contribution >= 0.6 is 0 Å². The van der Waals surface area contributed by atoms with Crippen molar-refractivity contribution >= 4 is 12.0 Å². The summed E-state index contributed by atoms with van der Waals surface area (Å²) in [6.07, 6.45) is 0.948. The summed E-state index contributed by atoms with van der Waals surface area (Å²) in [5.74, 6) is -0.451. The van der Waals surface area contributed by atoms with Crippen molar-refractivity contribution in [3.63, 3.8) is 0 Å². The number of aldehydes is 1. The molecule has 5 heteroatoms. The highest BCUT2D eigenvalue weighted by Gasteiger charge is 2.11. The summed E-state index contributed by atoms with van der Waals surface area (Å²) in [5.41, 5.74) is 0.905. The Balaban J connectivity index is 2.95. The molecule has 0 heterocycles. The summed E-state index contributed by atoms with van der Waals surface area (Å²) in [7, 11) is 1.58. The van der Waals surface area contributed by atoms with Gasteiger partial charge in [-0.25, -0.2) is 4.39 Å². The third-order valence-corrected chi connectivity index (χ3v) is 2.52. The lowest BCUT2D eigenvalue weighted by atomic mass is 10.1. The number of ether oxygens (including phenoxy) is 1. The molecule has 0 saturated heterocycles. The molecule has 0 fully saturated rings. The smallest absolute Gasteiger partial charge is 0.152 e. The van der Waals surface area contributed by atoms with Gasteiger partial charge in [0.25, 0.3) is 0 Å². The van der Waals surface area contributed by atoms with E-state index in [-0.39, 0.29) is 5.56 Å². The van der Waals surface area contributed by atoms with E-state index in [0.717, 1.165) is 0 Å². The average Bonchev–Trinajstić information content (AvgIpc) is 2.39. The number of hydrogen-bond donors (Lipinski definition) is 0. The van der Waals surface area contributed by atoms with E-state index >= 15 is 0 Å². The molecule has 0 saturated carbocycles. The number of methoxy groups -OCH3 is 1. The van der Waals surface area contributed by atoms with Gasteiger partial charge in [-0.15, -0.1) is 0 Å². The molecule has 0 amide bonds. The minimum atomic E-state index is -0.451. The van der Waals surface area contributed by atoms with E-state index in [1.165, 1.54) is 12.1 Å². The number of benzene rings is 1. The summed E-state index contributed by atoms with van der Waals surface area (Å²) in [6, 6.07) is 6.09. The maximum absolute atomic E-state index is 13.0. The number of carbonyl (C=O) groups excluding carboxylic acids is 1. The van der Waals surface area contributed by atoms with Gasteiger partial charge in [-0.1, -0.05) is 0 Å². The topological polar surface area (TPSA) is 53.3 Å². The molecule has 0 aromatic heterocycles. The quantitative estimate of drug-likeness (QED) is 0.694. The number of nitriles is 1. The van der Waals surface area contributed by atoms with E-state index in [4.69, 9.17) is 10.00 Å². The van der Waals surface area contributed by atoms with E-state index in [2.05, 4.69) is 0 Å². The van der Waals surface area contributed by atoms with Crippen molar-refractivity contribution in [3.8, 4) is 6.07 Å². The molecule has 0 unspecified atom stereocenters. The third-order valence-electron chi connectivity index (χ3n) is 2.52. The first-order chi connectivity index (χ1) is 8.72. The van der Waals surface area contributed by atoms with Crippen LogP contribution in [0.5, 0.6) is 0 Å². The monoisotopic (exact) mass is 250 g/mol. The average molecular weight is 250 g/mol.